The lowest BCUT2D eigenvalue weighted by Crippen LogP contribution is -2.26. The second kappa shape index (κ2) is 11.7. The van der Waals surface area contributed by atoms with E-state index in [2.05, 4.69) is 30.9 Å². The van der Waals surface area contributed by atoms with E-state index in [1.54, 1.807) is 24.4 Å². The van der Waals surface area contributed by atoms with Gasteiger partial charge in [0.1, 0.15) is 17.3 Å². The Bertz CT molecular complexity index is 1680. The van der Waals surface area contributed by atoms with Gasteiger partial charge in [0.05, 0.1) is 16.7 Å². The number of hydrogen-bond acceptors (Lipinski definition) is 5. The Kier molecular flexibility index (Phi) is 7.86. The van der Waals surface area contributed by atoms with Crippen molar-refractivity contribution in [1.82, 2.24) is 25.6 Å². The first-order valence-electron chi connectivity index (χ1n) is 13.5. The van der Waals surface area contributed by atoms with Crippen LogP contribution in [-0.2, 0) is 4.79 Å². The van der Waals surface area contributed by atoms with E-state index in [-0.39, 0.29) is 17.7 Å². The van der Waals surface area contributed by atoms with Gasteiger partial charge in [-0.2, -0.15) is 0 Å². The van der Waals surface area contributed by atoms with Crippen molar-refractivity contribution in [3.05, 3.63) is 76.1 Å². The van der Waals surface area contributed by atoms with Crippen molar-refractivity contribution in [1.29, 1.82) is 0 Å². The lowest BCUT2D eigenvalue weighted by molar-refractivity contribution is -0.110. The van der Waals surface area contributed by atoms with Gasteiger partial charge in [0, 0.05) is 53.4 Å². The number of pyridine rings is 1. The topological polar surface area (TPSA) is 158 Å². The van der Waals surface area contributed by atoms with Crippen LogP contribution in [0.1, 0.15) is 69.0 Å². The Balaban J connectivity index is 1.06. The Morgan fingerprint density at radius 3 is 2.49 bits per heavy atom. The Morgan fingerprint density at radius 2 is 1.73 bits per heavy atom. The maximum atomic E-state index is 13.8. The maximum Gasteiger partial charge on any atom is 0.267 e. The van der Waals surface area contributed by atoms with E-state index < -0.39 is 5.82 Å². The zero-order valence-corrected chi connectivity index (χ0v) is 22.9. The van der Waals surface area contributed by atoms with Gasteiger partial charge in [-0.15, -0.1) is 0 Å². The first kappa shape index (κ1) is 27.6. The number of halogens is 1. The van der Waals surface area contributed by atoms with E-state index in [1.807, 2.05) is 13.8 Å². The summed E-state index contributed by atoms with van der Waals surface area (Å²) in [5, 5.41) is 9.45. The van der Waals surface area contributed by atoms with Gasteiger partial charge in [-0.05, 0) is 62.6 Å². The van der Waals surface area contributed by atoms with Crippen LogP contribution in [0.2, 0.25) is 0 Å². The predicted molar refractivity (Wildman–Crippen MR) is 157 cm³/mol. The lowest BCUT2D eigenvalue weighted by Gasteiger charge is -2.07. The number of nitrogens with two attached hydrogens (primary N) is 1. The SMILES string of the molecule is Cc1[nH]c(/C=C2\C(=O)Nc3ccc(F)cc32)c(C)c1C(=O)NCCCCCCNC(=O)c1cc2cnc(N)cc2[nH]1. The van der Waals surface area contributed by atoms with Crippen molar-refractivity contribution in [2.75, 3.05) is 24.1 Å². The van der Waals surface area contributed by atoms with E-state index in [1.165, 1.54) is 18.2 Å². The van der Waals surface area contributed by atoms with Crippen LogP contribution in [-0.4, -0.2) is 45.8 Å². The minimum Gasteiger partial charge on any atom is -0.384 e. The summed E-state index contributed by atoms with van der Waals surface area (Å²) in [5.41, 5.74) is 10.9. The molecule has 0 saturated heterocycles. The first-order valence-corrected chi connectivity index (χ1v) is 13.5. The summed E-state index contributed by atoms with van der Waals surface area (Å²) in [4.78, 5) is 48.1. The Hall–Kier alpha value is -4.93. The van der Waals surface area contributed by atoms with Crippen molar-refractivity contribution >= 4 is 51.8 Å². The molecule has 0 aliphatic carbocycles. The number of aryl methyl sites for hydroxylation is 1. The molecule has 5 rings (SSSR count). The molecule has 41 heavy (non-hydrogen) atoms. The zero-order valence-electron chi connectivity index (χ0n) is 22.9. The van der Waals surface area contributed by atoms with Gasteiger partial charge in [0.2, 0.25) is 0 Å². The van der Waals surface area contributed by atoms with E-state index in [0.717, 1.165) is 42.1 Å². The van der Waals surface area contributed by atoms with Gasteiger partial charge in [-0.25, -0.2) is 9.37 Å². The van der Waals surface area contributed by atoms with Gasteiger partial charge in [-0.1, -0.05) is 12.8 Å². The molecular formula is C30H32FN7O3. The summed E-state index contributed by atoms with van der Waals surface area (Å²) in [7, 11) is 0. The van der Waals surface area contributed by atoms with Crippen LogP contribution < -0.4 is 21.7 Å². The van der Waals surface area contributed by atoms with Crippen LogP contribution in [0.5, 0.6) is 0 Å². The van der Waals surface area contributed by atoms with Crippen molar-refractivity contribution in [2.24, 2.45) is 0 Å². The van der Waals surface area contributed by atoms with Crippen LogP contribution in [0.3, 0.4) is 0 Å². The highest BCUT2D eigenvalue weighted by Gasteiger charge is 2.26. The second-order valence-electron chi connectivity index (χ2n) is 10.2. The number of anilines is 2. The molecule has 0 unspecified atom stereocenters. The summed E-state index contributed by atoms with van der Waals surface area (Å²) in [6.07, 6.45) is 6.73. The maximum absolute atomic E-state index is 13.8. The number of carbonyl (C=O) groups is 3. The molecule has 1 aliphatic rings. The van der Waals surface area contributed by atoms with Gasteiger partial charge in [-0.3, -0.25) is 14.4 Å². The van der Waals surface area contributed by atoms with Gasteiger partial charge < -0.3 is 31.7 Å². The average molecular weight is 558 g/mol. The van der Waals surface area contributed by atoms with Crippen LogP contribution in [0.25, 0.3) is 22.6 Å². The first-order chi connectivity index (χ1) is 19.7. The number of hydrogen-bond donors (Lipinski definition) is 6. The molecule has 0 fully saturated rings. The quantitative estimate of drug-likeness (QED) is 0.125. The molecule has 1 aromatic carbocycles. The third-order valence-electron chi connectivity index (χ3n) is 7.20. The third kappa shape index (κ3) is 5.98. The molecule has 7 N–H and O–H groups in total. The van der Waals surface area contributed by atoms with Crippen LogP contribution >= 0.6 is 0 Å². The highest BCUT2D eigenvalue weighted by molar-refractivity contribution is 6.35. The molecule has 212 valence electrons. The molecule has 4 aromatic rings. The fourth-order valence-corrected chi connectivity index (χ4v) is 5.06. The average Bonchev–Trinajstić information content (AvgIpc) is 3.58. The fourth-order valence-electron chi connectivity index (χ4n) is 5.06. The third-order valence-corrected chi connectivity index (χ3v) is 7.20. The number of nitrogens with zero attached hydrogens (tertiary/aromatic N) is 1. The van der Waals surface area contributed by atoms with Crippen LogP contribution in [0, 0.1) is 19.7 Å². The summed E-state index contributed by atoms with van der Waals surface area (Å²) in [5.74, 6) is -0.716. The van der Waals surface area contributed by atoms with Crippen molar-refractivity contribution in [3.8, 4) is 0 Å². The molecule has 0 bridgehead atoms. The molecule has 1 aliphatic heterocycles. The van der Waals surface area contributed by atoms with E-state index in [4.69, 9.17) is 5.73 Å². The number of aromatic nitrogens is 3. The fraction of sp³-hybridized carbons (Fsp3) is 0.267. The predicted octanol–water partition coefficient (Wildman–Crippen LogP) is 4.44. The number of nitrogens with one attached hydrogen (secondary N) is 5. The summed E-state index contributed by atoms with van der Waals surface area (Å²) >= 11 is 0. The number of H-pyrrole nitrogens is 2. The zero-order chi connectivity index (χ0) is 29.1. The van der Waals surface area contributed by atoms with Gasteiger partial charge >= 0.3 is 0 Å². The molecule has 0 radical (unpaired) electrons. The molecule has 3 amide bonds. The van der Waals surface area contributed by atoms with E-state index in [9.17, 15) is 18.8 Å². The summed E-state index contributed by atoms with van der Waals surface area (Å²) in [6.45, 7) is 4.70. The van der Waals surface area contributed by atoms with Gasteiger partial charge in [0.15, 0.2) is 0 Å². The minimum absolute atomic E-state index is 0.177. The summed E-state index contributed by atoms with van der Waals surface area (Å²) in [6, 6.07) is 7.60. The second-order valence-corrected chi connectivity index (χ2v) is 10.2. The highest BCUT2D eigenvalue weighted by Crippen LogP contribution is 2.34. The molecule has 0 atom stereocenters. The largest absolute Gasteiger partial charge is 0.384 e. The lowest BCUT2D eigenvalue weighted by atomic mass is 10.0. The molecular weight excluding hydrogens is 525 g/mol. The van der Waals surface area contributed by atoms with E-state index >= 15 is 0 Å². The van der Waals surface area contributed by atoms with Crippen LogP contribution in [0.15, 0.2) is 36.5 Å². The molecule has 0 saturated carbocycles. The summed E-state index contributed by atoms with van der Waals surface area (Å²) < 4.78 is 13.8. The standard InChI is InChI=1S/C30H32FN7O3/c1-16-23(13-21-20-12-19(31)7-8-22(20)38-28(21)39)36-17(2)27(16)30(41)34-10-6-4-3-5-9-33-29(40)25-11-18-15-35-26(32)14-24(18)37-25/h7-8,11-15,36-37H,3-6,9-10H2,1-2H3,(H2,32,35)(H,33,40)(H,34,41)(H,38,39)/b21-13-. The van der Waals surface area contributed by atoms with E-state index in [0.29, 0.717) is 58.4 Å². The molecule has 0 spiro atoms. The number of unbranched alkanes of at least 4 members (excludes halogenated alkanes) is 3. The number of rotatable bonds is 10. The number of carbonyl (C=O) groups excluding carboxylic acids is 3. The Morgan fingerprint density at radius 1 is 1.00 bits per heavy atom. The van der Waals surface area contributed by atoms with Crippen molar-refractivity contribution in [3.63, 3.8) is 0 Å². The van der Waals surface area contributed by atoms with Crippen molar-refractivity contribution in [2.45, 2.75) is 39.5 Å². The molecule has 11 heteroatoms. The number of nitrogen functional groups attached to an aromatic ring is 1. The number of amides is 3. The van der Waals surface area contributed by atoms with Crippen molar-refractivity contribution < 1.29 is 18.8 Å². The molecule has 4 heterocycles. The molecule has 3 aromatic heterocycles. The molecule has 10 nitrogen and oxygen atoms in total. The Labute approximate surface area is 236 Å². The number of fused-ring (bicyclic) bond motifs is 2. The smallest absolute Gasteiger partial charge is 0.267 e. The van der Waals surface area contributed by atoms with Gasteiger partial charge in [0.25, 0.3) is 17.7 Å². The van der Waals surface area contributed by atoms with Crippen LogP contribution in [0.4, 0.5) is 15.9 Å². The number of aromatic amines is 2. The normalized spacial score (nSPS) is 13.4. The number of benzene rings is 1. The highest BCUT2D eigenvalue weighted by atomic mass is 19.1. The minimum atomic E-state index is -0.426. The monoisotopic (exact) mass is 557 g/mol.